The predicted molar refractivity (Wildman–Crippen MR) is 61.0 cm³/mol. The molecular formula is C8H13N5O3S. The molecule has 1 heterocycles. The first-order chi connectivity index (χ1) is 7.88. The van der Waals surface area contributed by atoms with Crippen molar-refractivity contribution in [2.45, 2.75) is 17.9 Å². The molecule has 0 aromatic carbocycles. The molecule has 0 saturated heterocycles. The summed E-state index contributed by atoms with van der Waals surface area (Å²) in [5.74, 6) is 4.40. The van der Waals surface area contributed by atoms with E-state index in [1.807, 2.05) is 0 Å². The zero-order valence-corrected chi connectivity index (χ0v) is 9.86. The molecule has 1 aromatic heterocycles. The van der Waals surface area contributed by atoms with Crippen LogP contribution in [0, 0.1) is 0 Å². The second kappa shape index (κ2) is 5.08. The van der Waals surface area contributed by atoms with Gasteiger partial charge in [-0.3, -0.25) is 15.6 Å². The van der Waals surface area contributed by atoms with Crippen LogP contribution in [0.2, 0.25) is 0 Å². The molecule has 0 aliphatic heterocycles. The van der Waals surface area contributed by atoms with Crippen LogP contribution in [0.5, 0.6) is 0 Å². The van der Waals surface area contributed by atoms with Crippen LogP contribution in [-0.2, 0) is 14.8 Å². The topological polar surface area (TPSA) is 140 Å². The Morgan fingerprint density at radius 1 is 1.53 bits per heavy atom. The minimum absolute atomic E-state index is 0.157. The lowest BCUT2D eigenvalue weighted by molar-refractivity contribution is -0.119. The molecule has 1 unspecified atom stereocenters. The highest BCUT2D eigenvalue weighted by molar-refractivity contribution is 7.89. The molecule has 1 amide bonds. The number of carbonyl (C=O) groups is 1. The van der Waals surface area contributed by atoms with Gasteiger partial charge in [0.15, 0.2) is 0 Å². The monoisotopic (exact) mass is 259 g/mol. The number of anilines is 1. The van der Waals surface area contributed by atoms with Gasteiger partial charge < -0.3 is 11.2 Å². The Bertz CT molecular complexity index is 516. The van der Waals surface area contributed by atoms with Crippen molar-refractivity contribution in [2.75, 3.05) is 5.43 Å². The smallest absolute Gasteiger partial charge is 0.244 e. The number of hydrazine groups is 1. The van der Waals surface area contributed by atoms with Crippen molar-refractivity contribution in [3.8, 4) is 0 Å². The fourth-order valence-electron chi connectivity index (χ4n) is 1.07. The molecule has 0 aliphatic rings. The Hall–Kier alpha value is -1.71. The third-order valence-electron chi connectivity index (χ3n) is 1.99. The minimum atomic E-state index is -3.90. The van der Waals surface area contributed by atoms with Gasteiger partial charge in [0.2, 0.25) is 15.9 Å². The average molecular weight is 259 g/mol. The second-order valence-electron chi connectivity index (χ2n) is 3.26. The number of pyridine rings is 1. The van der Waals surface area contributed by atoms with Gasteiger partial charge in [-0.25, -0.2) is 8.42 Å². The van der Waals surface area contributed by atoms with Gasteiger partial charge >= 0.3 is 0 Å². The van der Waals surface area contributed by atoms with Gasteiger partial charge in [0.1, 0.15) is 4.90 Å². The van der Waals surface area contributed by atoms with Crippen molar-refractivity contribution >= 4 is 21.6 Å². The normalized spacial score (nSPS) is 13.1. The molecule has 17 heavy (non-hydrogen) atoms. The quantitative estimate of drug-likeness (QED) is 0.375. The number of nitrogens with two attached hydrogens (primary N) is 2. The van der Waals surface area contributed by atoms with Gasteiger partial charge in [-0.1, -0.05) is 0 Å². The second-order valence-corrected chi connectivity index (χ2v) is 4.94. The van der Waals surface area contributed by atoms with Crippen LogP contribution < -0.4 is 21.7 Å². The molecule has 1 aromatic rings. The van der Waals surface area contributed by atoms with E-state index >= 15 is 0 Å². The first-order valence-electron chi connectivity index (χ1n) is 4.60. The van der Waals surface area contributed by atoms with Crippen LogP contribution in [-0.4, -0.2) is 25.4 Å². The first-order valence-corrected chi connectivity index (χ1v) is 6.09. The molecule has 94 valence electrons. The van der Waals surface area contributed by atoms with E-state index in [1.165, 1.54) is 19.2 Å². The number of hydrogen-bond donors (Lipinski definition) is 4. The fourth-order valence-corrected chi connectivity index (χ4v) is 2.39. The predicted octanol–water partition coefficient (Wildman–Crippen LogP) is -1.48. The Labute approximate surface area is 98.4 Å². The van der Waals surface area contributed by atoms with Crippen LogP contribution >= 0.6 is 0 Å². The Morgan fingerprint density at radius 2 is 2.18 bits per heavy atom. The summed E-state index contributed by atoms with van der Waals surface area (Å²) in [6.45, 7) is 1.34. The molecule has 6 N–H and O–H groups in total. The maximum absolute atomic E-state index is 11.9. The molecule has 0 bridgehead atoms. The van der Waals surface area contributed by atoms with E-state index in [9.17, 15) is 13.2 Å². The highest BCUT2D eigenvalue weighted by Crippen LogP contribution is 2.18. The highest BCUT2D eigenvalue weighted by atomic mass is 32.2. The maximum Gasteiger partial charge on any atom is 0.244 e. The van der Waals surface area contributed by atoms with Gasteiger partial charge in [0.05, 0.1) is 11.7 Å². The van der Waals surface area contributed by atoms with Gasteiger partial charge in [0.25, 0.3) is 0 Å². The summed E-state index contributed by atoms with van der Waals surface area (Å²) in [7, 11) is -3.90. The van der Waals surface area contributed by atoms with Crippen LogP contribution in [0.15, 0.2) is 23.4 Å². The van der Waals surface area contributed by atoms with Crippen molar-refractivity contribution in [2.24, 2.45) is 11.6 Å². The van der Waals surface area contributed by atoms with E-state index in [0.717, 1.165) is 6.20 Å². The molecule has 0 aliphatic carbocycles. The molecule has 9 heteroatoms. The standard InChI is InChI=1S/C8H13N5O3S/c1-5(8(9)14)13-17(15,16)7-4-11-3-2-6(7)12-10/h2-5,13H,10H2,1H3,(H2,9,14)(H,11,12). The molecule has 1 rings (SSSR count). The van der Waals surface area contributed by atoms with Gasteiger partial charge in [0, 0.05) is 12.4 Å². The van der Waals surface area contributed by atoms with Crippen molar-refractivity contribution < 1.29 is 13.2 Å². The number of hydrogen-bond acceptors (Lipinski definition) is 6. The number of aromatic nitrogens is 1. The summed E-state index contributed by atoms with van der Waals surface area (Å²) in [5, 5.41) is 0. The summed E-state index contributed by atoms with van der Waals surface area (Å²) in [4.78, 5) is 14.3. The minimum Gasteiger partial charge on any atom is -0.368 e. The van der Waals surface area contributed by atoms with Crippen LogP contribution in [0.1, 0.15) is 6.92 Å². The molecule has 0 saturated carbocycles. The van der Waals surface area contributed by atoms with Gasteiger partial charge in [-0.15, -0.1) is 0 Å². The van der Waals surface area contributed by atoms with Crippen molar-refractivity contribution in [3.63, 3.8) is 0 Å². The molecular weight excluding hydrogens is 246 g/mol. The Morgan fingerprint density at radius 3 is 2.71 bits per heavy atom. The van der Waals surface area contributed by atoms with E-state index in [1.54, 1.807) is 0 Å². The Kier molecular flexibility index (Phi) is 3.99. The zero-order valence-electron chi connectivity index (χ0n) is 9.04. The SMILES string of the molecule is CC(NS(=O)(=O)c1cnccc1NN)C(N)=O. The third-order valence-corrected chi connectivity index (χ3v) is 3.56. The molecule has 0 spiro atoms. The number of carbonyl (C=O) groups excluding carboxylic acids is 1. The van der Waals surface area contributed by atoms with E-state index in [4.69, 9.17) is 11.6 Å². The van der Waals surface area contributed by atoms with Crippen molar-refractivity contribution in [3.05, 3.63) is 18.5 Å². The molecule has 0 radical (unpaired) electrons. The number of rotatable bonds is 5. The van der Waals surface area contributed by atoms with E-state index in [-0.39, 0.29) is 10.6 Å². The summed E-state index contributed by atoms with van der Waals surface area (Å²) >= 11 is 0. The van der Waals surface area contributed by atoms with Gasteiger partial charge in [-0.05, 0) is 13.0 Å². The number of amides is 1. The zero-order chi connectivity index (χ0) is 13.1. The van der Waals surface area contributed by atoms with Crippen molar-refractivity contribution in [1.82, 2.24) is 9.71 Å². The number of primary amides is 1. The summed E-state index contributed by atoms with van der Waals surface area (Å²) in [5.41, 5.74) is 7.37. The lowest BCUT2D eigenvalue weighted by Crippen LogP contribution is -2.42. The molecule has 0 fully saturated rings. The molecule has 1 atom stereocenters. The third kappa shape index (κ3) is 3.12. The molecule has 8 nitrogen and oxygen atoms in total. The summed E-state index contributed by atoms with van der Waals surface area (Å²) in [6, 6.07) is 0.370. The summed E-state index contributed by atoms with van der Waals surface area (Å²) in [6.07, 6.45) is 2.50. The highest BCUT2D eigenvalue weighted by Gasteiger charge is 2.23. The number of nitrogens with one attached hydrogen (secondary N) is 2. The van der Waals surface area contributed by atoms with Gasteiger partial charge in [-0.2, -0.15) is 4.72 Å². The number of nitrogens with zero attached hydrogens (tertiary/aromatic N) is 1. The van der Waals surface area contributed by atoms with Crippen LogP contribution in [0.25, 0.3) is 0 Å². The van der Waals surface area contributed by atoms with Crippen molar-refractivity contribution in [1.29, 1.82) is 0 Å². The first kappa shape index (κ1) is 13.4. The number of nitrogen functional groups attached to an aromatic ring is 1. The summed E-state index contributed by atoms with van der Waals surface area (Å²) < 4.78 is 25.9. The largest absolute Gasteiger partial charge is 0.368 e. The van der Waals surface area contributed by atoms with Crippen LogP contribution in [0.3, 0.4) is 0 Å². The lowest BCUT2D eigenvalue weighted by Gasteiger charge is -2.13. The lowest BCUT2D eigenvalue weighted by atomic mass is 10.4. The average Bonchev–Trinajstić information content (AvgIpc) is 2.28. The van der Waals surface area contributed by atoms with E-state index < -0.39 is 22.0 Å². The van der Waals surface area contributed by atoms with E-state index in [0.29, 0.717) is 0 Å². The van der Waals surface area contributed by atoms with E-state index in [2.05, 4.69) is 15.1 Å². The fraction of sp³-hybridized carbons (Fsp3) is 0.250. The Balaban J connectivity index is 3.09. The maximum atomic E-state index is 11.9. The van der Waals surface area contributed by atoms with Crippen LogP contribution in [0.4, 0.5) is 5.69 Å². The number of sulfonamides is 1.